The van der Waals surface area contributed by atoms with Gasteiger partial charge < -0.3 is 4.74 Å². The molecule has 2 aromatic rings. The average molecular weight is 456 g/mol. The van der Waals surface area contributed by atoms with Gasteiger partial charge in [-0.05, 0) is 49.0 Å². The van der Waals surface area contributed by atoms with E-state index in [-0.39, 0.29) is 24.8 Å². The zero-order valence-corrected chi connectivity index (χ0v) is 17.8. The zero-order chi connectivity index (χ0) is 15.9. The van der Waals surface area contributed by atoms with Crippen molar-refractivity contribution in [2.45, 2.75) is 27.0 Å². The van der Waals surface area contributed by atoms with Crippen LogP contribution < -0.4 is 4.74 Å². The number of nitrogens with zero attached hydrogens (tertiary/aromatic N) is 1. The molecule has 0 saturated heterocycles. The highest BCUT2D eigenvalue weighted by molar-refractivity contribution is 9.10. The second kappa shape index (κ2) is 12.0. The highest BCUT2D eigenvalue weighted by Gasteiger charge is 2.09. The molecule has 0 bridgehead atoms. The van der Waals surface area contributed by atoms with E-state index in [0.29, 0.717) is 6.61 Å². The summed E-state index contributed by atoms with van der Waals surface area (Å²) in [5.41, 5.74) is 2.31. The molecule has 0 spiro atoms. The maximum Gasteiger partial charge on any atom is 0.124 e. The van der Waals surface area contributed by atoms with Crippen molar-refractivity contribution in [1.29, 1.82) is 0 Å². The number of ether oxygens (including phenoxy) is 1. The average Bonchev–Trinajstić information content (AvgIpc) is 2.53. The standard InChI is InChI=1S/C18H21BrClNO.2ClH/c1-3-21(4-2)12-15-11-16(19)7-10-18(15)22-13-14-5-8-17(20)9-6-14;;/h5-11H,3-4,12-13H2,1-2H3;2*1H. The summed E-state index contributed by atoms with van der Waals surface area (Å²) < 4.78 is 7.09. The molecule has 2 rings (SSSR count). The summed E-state index contributed by atoms with van der Waals surface area (Å²) in [5.74, 6) is 0.935. The van der Waals surface area contributed by atoms with Gasteiger partial charge in [-0.2, -0.15) is 0 Å². The van der Waals surface area contributed by atoms with Crippen LogP contribution in [0.4, 0.5) is 0 Å². The van der Waals surface area contributed by atoms with Crippen LogP contribution in [-0.2, 0) is 13.2 Å². The minimum atomic E-state index is 0. The van der Waals surface area contributed by atoms with E-state index in [2.05, 4.69) is 40.7 Å². The van der Waals surface area contributed by atoms with Crippen LogP contribution >= 0.6 is 52.3 Å². The third-order valence-corrected chi connectivity index (χ3v) is 4.36. The van der Waals surface area contributed by atoms with Gasteiger partial charge in [-0.15, -0.1) is 24.8 Å². The van der Waals surface area contributed by atoms with Crippen molar-refractivity contribution in [3.05, 3.63) is 63.1 Å². The van der Waals surface area contributed by atoms with Gasteiger partial charge in [0.1, 0.15) is 12.4 Å². The third-order valence-electron chi connectivity index (χ3n) is 3.62. The summed E-state index contributed by atoms with van der Waals surface area (Å²) >= 11 is 9.45. The fraction of sp³-hybridized carbons (Fsp3) is 0.333. The number of hydrogen-bond acceptors (Lipinski definition) is 2. The molecule has 2 aromatic carbocycles. The minimum Gasteiger partial charge on any atom is -0.489 e. The van der Waals surface area contributed by atoms with Crippen molar-refractivity contribution in [1.82, 2.24) is 4.90 Å². The Kier molecular flexibility index (Phi) is 11.8. The van der Waals surface area contributed by atoms with Gasteiger partial charge in [0.25, 0.3) is 0 Å². The summed E-state index contributed by atoms with van der Waals surface area (Å²) in [6.45, 7) is 7.84. The van der Waals surface area contributed by atoms with Crippen LogP contribution in [0.15, 0.2) is 46.9 Å². The Morgan fingerprint density at radius 1 is 1.00 bits per heavy atom. The second-order valence-electron chi connectivity index (χ2n) is 5.13. The molecule has 0 fully saturated rings. The molecule has 0 atom stereocenters. The first-order valence-corrected chi connectivity index (χ1v) is 8.67. The SMILES string of the molecule is CCN(CC)Cc1cc(Br)ccc1OCc1ccc(Cl)cc1.Cl.Cl. The van der Waals surface area contributed by atoms with Crippen molar-refractivity contribution in [3.8, 4) is 5.75 Å². The number of benzene rings is 2. The highest BCUT2D eigenvalue weighted by atomic mass is 79.9. The Morgan fingerprint density at radius 2 is 1.62 bits per heavy atom. The van der Waals surface area contributed by atoms with Gasteiger partial charge in [-0.1, -0.05) is 53.5 Å². The van der Waals surface area contributed by atoms with Crippen LogP contribution in [0, 0.1) is 0 Å². The topological polar surface area (TPSA) is 12.5 Å². The molecular weight excluding hydrogens is 432 g/mol. The molecule has 0 aromatic heterocycles. The lowest BCUT2D eigenvalue weighted by Gasteiger charge is -2.20. The first-order valence-electron chi connectivity index (χ1n) is 7.50. The second-order valence-corrected chi connectivity index (χ2v) is 6.48. The van der Waals surface area contributed by atoms with Crippen molar-refractivity contribution < 1.29 is 4.74 Å². The zero-order valence-electron chi connectivity index (χ0n) is 13.8. The van der Waals surface area contributed by atoms with E-state index >= 15 is 0 Å². The van der Waals surface area contributed by atoms with Crippen LogP contribution in [0.5, 0.6) is 5.75 Å². The van der Waals surface area contributed by atoms with E-state index in [1.807, 2.05) is 36.4 Å². The summed E-state index contributed by atoms with van der Waals surface area (Å²) in [4.78, 5) is 2.37. The Labute approximate surface area is 170 Å². The van der Waals surface area contributed by atoms with Gasteiger partial charge in [0.15, 0.2) is 0 Å². The van der Waals surface area contributed by atoms with Gasteiger partial charge in [0.2, 0.25) is 0 Å². The Bertz CT molecular complexity index is 604. The Hall–Kier alpha value is -0.450. The molecule has 6 heteroatoms. The van der Waals surface area contributed by atoms with Crippen LogP contribution in [0.25, 0.3) is 0 Å². The van der Waals surface area contributed by atoms with E-state index in [1.165, 1.54) is 5.56 Å². The lowest BCUT2D eigenvalue weighted by Crippen LogP contribution is -2.22. The van der Waals surface area contributed by atoms with Crippen molar-refractivity contribution >= 4 is 52.3 Å². The molecule has 0 aliphatic carbocycles. The predicted octanol–water partition coefficient (Wildman–Crippen LogP) is 6.37. The van der Waals surface area contributed by atoms with Crippen molar-refractivity contribution in [2.24, 2.45) is 0 Å². The van der Waals surface area contributed by atoms with Crippen molar-refractivity contribution in [3.63, 3.8) is 0 Å². The van der Waals surface area contributed by atoms with Gasteiger partial charge >= 0.3 is 0 Å². The lowest BCUT2D eigenvalue weighted by molar-refractivity contribution is 0.272. The molecule has 134 valence electrons. The van der Waals surface area contributed by atoms with E-state index in [4.69, 9.17) is 16.3 Å². The molecule has 0 aliphatic rings. The van der Waals surface area contributed by atoms with Crippen LogP contribution in [0.2, 0.25) is 5.02 Å². The maximum absolute atomic E-state index is 6.02. The van der Waals surface area contributed by atoms with E-state index in [1.54, 1.807) is 0 Å². The first kappa shape index (κ1) is 23.5. The molecule has 0 saturated carbocycles. The van der Waals surface area contributed by atoms with Crippen molar-refractivity contribution in [2.75, 3.05) is 13.1 Å². The first-order chi connectivity index (χ1) is 10.6. The minimum absolute atomic E-state index is 0. The fourth-order valence-corrected chi connectivity index (χ4v) is 2.78. The Balaban J connectivity index is 0.00000264. The van der Waals surface area contributed by atoms with Crippen LogP contribution in [0.3, 0.4) is 0 Å². The molecule has 0 unspecified atom stereocenters. The van der Waals surface area contributed by atoms with E-state index in [0.717, 1.165) is 40.4 Å². The maximum atomic E-state index is 6.02. The Morgan fingerprint density at radius 3 is 2.21 bits per heavy atom. The summed E-state index contributed by atoms with van der Waals surface area (Å²) in [6.07, 6.45) is 0. The number of halogens is 4. The molecule has 2 nitrogen and oxygen atoms in total. The molecule has 0 heterocycles. The monoisotopic (exact) mass is 453 g/mol. The van der Waals surface area contributed by atoms with Crippen LogP contribution in [-0.4, -0.2) is 18.0 Å². The van der Waals surface area contributed by atoms with E-state index < -0.39 is 0 Å². The molecule has 0 aliphatic heterocycles. The highest BCUT2D eigenvalue weighted by Crippen LogP contribution is 2.25. The summed E-state index contributed by atoms with van der Waals surface area (Å²) in [6, 6.07) is 13.9. The summed E-state index contributed by atoms with van der Waals surface area (Å²) in [5, 5.41) is 0.745. The van der Waals surface area contributed by atoms with E-state index in [9.17, 15) is 0 Å². The molecular formula is C18H23BrCl3NO. The van der Waals surface area contributed by atoms with Gasteiger partial charge in [-0.25, -0.2) is 0 Å². The van der Waals surface area contributed by atoms with Gasteiger partial charge in [0, 0.05) is 21.6 Å². The van der Waals surface area contributed by atoms with Crippen LogP contribution in [0.1, 0.15) is 25.0 Å². The molecule has 0 amide bonds. The lowest BCUT2D eigenvalue weighted by atomic mass is 10.2. The normalized spacial score (nSPS) is 10.0. The van der Waals surface area contributed by atoms with Gasteiger partial charge in [-0.3, -0.25) is 4.90 Å². The fourth-order valence-electron chi connectivity index (χ4n) is 2.24. The smallest absolute Gasteiger partial charge is 0.124 e. The number of rotatable bonds is 7. The largest absolute Gasteiger partial charge is 0.489 e. The quantitative estimate of drug-likeness (QED) is 0.481. The van der Waals surface area contributed by atoms with Gasteiger partial charge in [0.05, 0.1) is 0 Å². The molecule has 24 heavy (non-hydrogen) atoms. The third kappa shape index (κ3) is 7.20. The molecule has 0 radical (unpaired) electrons. The summed E-state index contributed by atoms with van der Waals surface area (Å²) in [7, 11) is 0. The predicted molar refractivity (Wildman–Crippen MR) is 111 cm³/mol. The number of hydrogen-bond donors (Lipinski definition) is 0. The molecule has 0 N–H and O–H groups in total.